The lowest BCUT2D eigenvalue weighted by atomic mass is 10.2. The van der Waals surface area contributed by atoms with Crippen LogP contribution < -0.4 is 5.32 Å². The molecule has 30 heavy (non-hydrogen) atoms. The molecule has 160 valence electrons. The van der Waals surface area contributed by atoms with Crippen LogP contribution >= 0.6 is 11.8 Å². The van der Waals surface area contributed by atoms with E-state index in [4.69, 9.17) is 0 Å². The van der Waals surface area contributed by atoms with Crippen molar-refractivity contribution in [1.29, 1.82) is 0 Å². The maximum absolute atomic E-state index is 12.8. The summed E-state index contributed by atoms with van der Waals surface area (Å²) < 4.78 is 28.1. The minimum atomic E-state index is -3.58. The molecule has 2 aromatic carbocycles. The predicted molar refractivity (Wildman–Crippen MR) is 121 cm³/mol. The van der Waals surface area contributed by atoms with E-state index in [-0.39, 0.29) is 10.8 Å². The number of imidazole rings is 1. The fraction of sp³-hybridized carbons (Fsp3) is 0.333. The first-order chi connectivity index (χ1) is 14.1. The molecule has 9 heteroatoms. The first kappa shape index (κ1) is 22.3. The van der Waals surface area contributed by atoms with Crippen LogP contribution in [0.2, 0.25) is 0 Å². The van der Waals surface area contributed by atoms with Gasteiger partial charge >= 0.3 is 0 Å². The van der Waals surface area contributed by atoms with Crippen LogP contribution in [0.25, 0.3) is 11.0 Å². The van der Waals surface area contributed by atoms with E-state index < -0.39 is 15.3 Å². The molecular formula is C21H26N4O3S2. The van der Waals surface area contributed by atoms with E-state index >= 15 is 0 Å². The highest BCUT2D eigenvalue weighted by Gasteiger charge is 2.22. The quantitative estimate of drug-likeness (QED) is 0.559. The van der Waals surface area contributed by atoms with Gasteiger partial charge in [0.05, 0.1) is 21.2 Å². The van der Waals surface area contributed by atoms with Crippen molar-refractivity contribution in [2.24, 2.45) is 0 Å². The molecule has 0 aliphatic rings. The predicted octanol–water partition coefficient (Wildman–Crippen LogP) is 3.73. The second-order valence-corrected chi connectivity index (χ2v) is 10.6. The second kappa shape index (κ2) is 8.79. The fourth-order valence-corrected chi connectivity index (χ4v) is 4.92. The second-order valence-electron chi connectivity index (χ2n) is 7.14. The normalized spacial score (nSPS) is 13.0. The third-order valence-corrected chi connectivity index (χ3v) is 7.73. The van der Waals surface area contributed by atoms with Crippen LogP contribution in [0.15, 0.2) is 52.5 Å². The molecule has 1 aromatic heterocycles. The van der Waals surface area contributed by atoms with Crippen molar-refractivity contribution in [1.82, 2.24) is 13.9 Å². The number of nitrogens with zero attached hydrogens (tertiary/aromatic N) is 3. The number of para-hydroxylation sites is 2. The van der Waals surface area contributed by atoms with Gasteiger partial charge in [0.2, 0.25) is 15.9 Å². The zero-order valence-electron chi connectivity index (χ0n) is 17.7. The van der Waals surface area contributed by atoms with Gasteiger partial charge in [-0.1, -0.05) is 30.0 Å². The summed E-state index contributed by atoms with van der Waals surface area (Å²) in [6, 6.07) is 12.6. The van der Waals surface area contributed by atoms with Crippen molar-refractivity contribution in [3.8, 4) is 0 Å². The average molecular weight is 447 g/mol. The van der Waals surface area contributed by atoms with Crippen molar-refractivity contribution < 1.29 is 13.2 Å². The number of amides is 1. The Morgan fingerprint density at radius 1 is 1.23 bits per heavy atom. The zero-order chi connectivity index (χ0) is 22.1. The highest BCUT2D eigenvalue weighted by atomic mass is 32.2. The molecule has 0 saturated heterocycles. The van der Waals surface area contributed by atoms with E-state index in [9.17, 15) is 13.2 Å². The zero-order valence-corrected chi connectivity index (χ0v) is 19.3. The van der Waals surface area contributed by atoms with Gasteiger partial charge in [-0.3, -0.25) is 4.79 Å². The standard InChI is InChI=1S/C21H26N4O3S2/c1-6-25-19-10-8-7-9-17(19)23-21(25)29-15(3)20(26)22-18-13-16(12-11-14(18)2)30(27,28)24(4)5/h7-13,15H,6H2,1-5H3,(H,22,26). The van der Waals surface area contributed by atoms with Gasteiger partial charge in [-0.15, -0.1) is 0 Å². The molecule has 1 heterocycles. The number of thioether (sulfide) groups is 1. The lowest BCUT2D eigenvalue weighted by molar-refractivity contribution is -0.115. The number of hydrogen-bond acceptors (Lipinski definition) is 5. The molecule has 0 aliphatic carbocycles. The van der Waals surface area contributed by atoms with Crippen LogP contribution in [0, 0.1) is 6.92 Å². The van der Waals surface area contributed by atoms with Crippen molar-refractivity contribution in [2.75, 3.05) is 19.4 Å². The Morgan fingerprint density at radius 2 is 1.93 bits per heavy atom. The van der Waals surface area contributed by atoms with E-state index in [0.29, 0.717) is 5.69 Å². The highest BCUT2D eigenvalue weighted by molar-refractivity contribution is 8.00. The molecule has 3 aromatic rings. The van der Waals surface area contributed by atoms with Crippen LogP contribution in [0.3, 0.4) is 0 Å². The summed E-state index contributed by atoms with van der Waals surface area (Å²) in [6.07, 6.45) is 0. The van der Waals surface area contributed by atoms with Crippen LogP contribution in [0.5, 0.6) is 0 Å². The minimum absolute atomic E-state index is 0.140. The smallest absolute Gasteiger partial charge is 0.242 e. The van der Waals surface area contributed by atoms with Gasteiger partial charge in [0, 0.05) is 26.3 Å². The number of carbonyl (C=O) groups excluding carboxylic acids is 1. The van der Waals surface area contributed by atoms with E-state index in [1.54, 1.807) is 12.1 Å². The van der Waals surface area contributed by atoms with Crippen molar-refractivity contribution in [3.63, 3.8) is 0 Å². The lowest BCUT2D eigenvalue weighted by Crippen LogP contribution is -2.25. The summed E-state index contributed by atoms with van der Waals surface area (Å²) >= 11 is 1.38. The molecule has 1 unspecified atom stereocenters. The summed E-state index contributed by atoms with van der Waals surface area (Å²) in [4.78, 5) is 17.6. The van der Waals surface area contributed by atoms with Gasteiger partial charge in [0.25, 0.3) is 0 Å². The number of nitrogens with one attached hydrogen (secondary N) is 1. The number of rotatable bonds is 7. The minimum Gasteiger partial charge on any atom is -0.325 e. The Kier molecular flexibility index (Phi) is 6.54. The van der Waals surface area contributed by atoms with Crippen LogP contribution in [0.4, 0.5) is 5.69 Å². The summed E-state index contributed by atoms with van der Waals surface area (Å²) in [5.41, 5.74) is 3.21. The maximum atomic E-state index is 12.8. The van der Waals surface area contributed by atoms with Crippen LogP contribution in [-0.2, 0) is 21.4 Å². The third-order valence-electron chi connectivity index (χ3n) is 4.83. The Labute approximate surface area is 181 Å². The van der Waals surface area contributed by atoms with E-state index in [1.807, 2.05) is 45.0 Å². The van der Waals surface area contributed by atoms with Crippen molar-refractivity contribution in [3.05, 3.63) is 48.0 Å². The summed E-state index contributed by atoms with van der Waals surface area (Å²) in [5, 5.41) is 3.24. The summed E-state index contributed by atoms with van der Waals surface area (Å²) in [6.45, 7) is 6.44. The van der Waals surface area contributed by atoms with Gasteiger partial charge in [-0.05, 0) is 50.6 Å². The number of hydrogen-bond donors (Lipinski definition) is 1. The molecule has 1 N–H and O–H groups in total. The molecular weight excluding hydrogens is 420 g/mol. The SMILES string of the molecule is CCn1c(SC(C)C(=O)Nc2cc(S(=O)(=O)N(C)C)ccc2C)nc2ccccc21. The number of fused-ring (bicyclic) bond motifs is 1. The highest BCUT2D eigenvalue weighted by Crippen LogP contribution is 2.29. The Bertz CT molecular complexity index is 1190. The number of benzene rings is 2. The first-order valence-corrected chi connectivity index (χ1v) is 11.9. The first-order valence-electron chi connectivity index (χ1n) is 9.61. The molecule has 0 radical (unpaired) electrons. The fourth-order valence-electron chi connectivity index (χ4n) is 3.00. The van der Waals surface area contributed by atoms with E-state index in [0.717, 1.165) is 32.6 Å². The summed E-state index contributed by atoms with van der Waals surface area (Å²) in [5.74, 6) is -0.211. The molecule has 1 atom stereocenters. The average Bonchev–Trinajstić information content (AvgIpc) is 3.06. The van der Waals surface area contributed by atoms with Gasteiger partial charge in [-0.2, -0.15) is 0 Å². The molecule has 0 aliphatic heterocycles. The third kappa shape index (κ3) is 4.38. The van der Waals surface area contributed by atoms with E-state index in [2.05, 4.69) is 14.9 Å². The van der Waals surface area contributed by atoms with Gasteiger partial charge < -0.3 is 9.88 Å². The summed E-state index contributed by atoms with van der Waals surface area (Å²) in [7, 11) is -0.625. The maximum Gasteiger partial charge on any atom is 0.242 e. The molecule has 0 bridgehead atoms. The molecule has 0 fully saturated rings. The van der Waals surface area contributed by atoms with Crippen molar-refractivity contribution in [2.45, 2.75) is 42.6 Å². The largest absolute Gasteiger partial charge is 0.325 e. The Morgan fingerprint density at radius 3 is 2.60 bits per heavy atom. The number of sulfonamides is 1. The van der Waals surface area contributed by atoms with Gasteiger partial charge in [-0.25, -0.2) is 17.7 Å². The number of aryl methyl sites for hydroxylation is 2. The topological polar surface area (TPSA) is 84.3 Å². The van der Waals surface area contributed by atoms with E-state index in [1.165, 1.54) is 31.9 Å². The van der Waals surface area contributed by atoms with Crippen molar-refractivity contribution >= 4 is 44.4 Å². The number of anilines is 1. The Hall–Kier alpha value is -2.36. The number of carbonyl (C=O) groups is 1. The molecule has 0 saturated carbocycles. The van der Waals surface area contributed by atoms with Gasteiger partial charge in [0.15, 0.2) is 5.16 Å². The molecule has 1 amide bonds. The van der Waals surface area contributed by atoms with Crippen LogP contribution in [-0.4, -0.2) is 47.5 Å². The van der Waals surface area contributed by atoms with Gasteiger partial charge in [0.1, 0.15) is 0 Å². The lowest BCUT2D eigenvalue weighted by Gasteiger charge is -2.16. The number of aromatic nitrogens is 2. The Balaban J connectivity index is 1.82. The monoisotopic (exact) mass is 446 g/mol. The molecule has 3 rings (SSSR count). The van der Waals surface area contributed by atoms with Crippen LogP contribution in [0.1, 0.15) is 19.4 Å². The molecule has 0 spiro atoms. The molecule has 7 nitrogen and oxygen atoms in total.